The zero-order valence-electron chi connectivity index (χ0n) is 12.2. The molecule has 4 fully saturated rings. The molecule has 2 atom stereocenters. The lowest BCUT2D eigenvalue weighted by Gasteiger charge is -2.65. The summed E-state index contributed by atoms with van der Waals surface area (Å²) in [6, 6.07) is 0. The van der Waals surface area contributed by atoms with Crippen LogP contribution in [0.25, 0.3) is 0 Å². The molecular weight excluding hydrogens is 258 g/mol. The van der Waals surface area contributed by atoms with Crippen molar-refractivity contribution in [2.24, 2.45) is 16.7 Å². The molecule has 4 aliphatic carbocycles. The summed E-state index contributed by atoms with van der Waals surface area (Å²) in [7, 11) is 0. The summed E-state index contributed by atoms with van der Waals surface area (Å²) >= 11 is 0. The standard InChI is InChI=1S/C15H23NO4/c1-13-3-11-4-14(2,6-13)8-15(5-11,7-13)16-12(18)20-10-19-9-17/h9,11H,3-8,10H2,1-2H3,(H,16,18). The van der Waals surface area contributed by atoms with E-state index in [2.05, 4.69) is 23.9 Å². The van der Waals surface area contributed by atoms with Crippen molar-refractivity contribution in [2.45, 2.75) is 57.9 Å². The van der Waals surface area contributed by atoms with Crippen LogP contribution in [0.5, 0.6) is 0 Å². The molecule has 1 amide bonds. The molecule has 4 aliphatic rings. The van der Waals surface area contributed by atoms with Gasteiger partial charge in [-0.25, -0.2) is 4.79 Å². The second kappa shape index (κ2) is 4.37. The van der Waals surface area contributed by atoms with Crippen molar-refractivity contribution in [1.82, 2.24) is 5.32 Å². The van der Waals surface area contributed by atoms with E-state index in [0.717, 1.165) is 19.3 Å². The van der Waals surface area contributed by atoms with Crippen molar-refractivity contribution >= 4 is 12.6 Å². The summed E-state index contributed by atoms with van der Waals surface area (Å²) in [5, 5.41) is 3.08. The first kappa shape index (κ1) is 13.7. The van der Waals surface area contributed by atoms with Gasteiger partial charge in [0.1, 0.15) is 0 Å². The molecule has 0 aromatic heterocycles. The molecule has 1 N–H and O–H groups in total. The third-order valence-corrected chi connectivity index (χ3v) is 5.32. The van der Waals surface area contributed by atoms with Crippen LogP contribution in [0.4, 0.5) is 4.79 Å². The van der Waals surface area contributed by atoms with Gasteiger partial charge in [-0.2, -0.15) is 0 Å². The minimum absolute atomic E-state index is 0.124. The number of alkyl carbamates (subject to hydrolysis) is 1. The van der Waals surface area contributed by atoms with E-state index in [-0.39, 0.29) is 18.8 Å². The maximum Gasteiger partial charge on any atom is 0.410 e. The lowest BCUT2D eigenvalue weighted by atomic mass is 9.43. The fraction of sp³-hybridized carbons (Fsp3) is 0.867. The second-order valence-corrected chi connectivity index (χ2v) is 7.85. The molecule has 4 bridgehead atoms. The zero-order valence-corrected chi connectivity index (χ0v) is 12.2. The quantitative estimate of drug-likeness (QED) is 0.489. The largest absolute Gasteiger partial charge is 0.430 e. The molecule has 112 valence electrons. The average Bonchev–Trinajstić information content (AvgIpc) is 2.22. The summed E-state index contributed by atoms with van der Waals surface area (Å²) in [6.07, 6.45) is 6.50. The number of hydrogen-bond acceptors (Lipinski definition) is 4. The molecule has 2 unspecified atom stereocenters. The first-order valence-corrected chi connectivity index (χ1v) is 7.36. The van der Waals surface area contributed by atoms with Crippen molar-refractivity contribution in [3.63, 3.8) is 0 Å². The Kier molecular flexibility index (Phi) is 2.99. The Morgan fingerprint density at radius 2 is 1.85 bits per heavy atom. The first-order chi connectivity index (χ1) is 9.36. The Morgan fingerprint density at radius 3 is 2.40 bits per heavy atom. The van der Waals surface area contributed by atoms with Gasteiger partial charge >= 0.3 is 6.09 Å². The maximum atomic E-state index is 11.9. The van der Waals surface area contributed by atoms with E-state index in [1.807, 2.05) is 0 Å². The Hall–Kier alpha value is -1.26. The Bertz CT molecular complexity index is 418. The second-order valence-electron chi connectivity index (χ2n) is 7.85. The molecule has 5 nitrogen and oxygen atoms in total. The van der Waals surface area contributed by atoms with Gasteiger partial charge in [0.25, 0.3) is 6.47 Å². The van der Waals surface area contributed by atoms with Crippen LogP contribution < -0.4 is 5.32 Å². The lowest BCUT2D eigenvalue weighted by Crippen LogP contribution is -2.65. The maximum absolute atomic E-state index is 11.9. The molecule has 4 rings (SSSR count). The molecule has 0 spiro atoms. The van der Waals surface area contributed by atoms with Gasteiger partial charge in [-0.3, -0.25) is 4.79 Å². The van der Waals surface area contributed by atoms with Gasteiger partial charge < -0.3 is 14.8 Å². The monoisotopic (exact) mass is 281 g/mol. The average molecular weight is 281 g/mol. The minimum Gasteiger partial charge on any atom is -0.430 e. The van der Waals surface area contributed by atoms with Gasteiger partial charge in [0.2, 0.25) is 6.79 Å². The summed E-state index contributed by atoms with van der Waals surface area (Å²) < 4.78 is 9.28. The van der Waals surface area contributed by atoms with E-state index in [9.17, 15) is 9.59 Å². The topological polar surface area (TPSA) is 64.6 Å². The molecule has 0 aromatic rings. The minimum atomic E-state index is -0.471. The van der Waals surface area contributed by atoms with E-state index in [0.29, 0.717) is 16.7 Å². The van der Waals surface area contributed by atoms with Crippen molar-refractivity contribution in [3.8, 4) is 0 Å². The Labute approximate surface area is 119 Å². The molecule has 0 aromatic carbocycles. The van der Waals surface area contributed by atoms with Crippen LogP contribution in [-0.2, 0) is 14.3 Å². The van der Waals surface area contributed by atoms with Crippen molar-refractivity contribution in [3.05, 3.63) is 0 Å². The van der Waals surface area contributed by atoms with Gasteiger partial charge in [-0.15, -0.1) is 0 Å². The predicted octanol–water partition coefficient (Wildman–Crippen LogP) is 2.59. The van der Waals surface area contributed by atoms with Gasteiger partial charge in [-0.05, 0) is 55.3 Å². The van der Waals surface area contributed by atoms with E-state index in [4.69, 9.17) is 4.74 Å². The van der Waals surface area contributed by atoms with E-state index < -0.39 is 6.09 Å². The van der Waals surface area contributed by atoms with Crippen LogP contribution in [0.3, 0.4) is 0 Å². The predicted molar refractivity (Wildman–Crippen MR) is 71.8 cm³/mol. The van der Waals surface area contributed by atoms with E-state index in [1.165, 1.54) is 19.3 Å². The highest BCUT2D eigenvalue weighted by molar-refractivity contribution is 5.68. The lowest BCUT2D eigenvalue weighted by molar-refractivity contribution is -0.137. The van der Waals surface area contributed by atoms with E-state index >= 15 is 0 Å². The highest BCUT2D eigenvalue weighted by Gasteiger charge is 2.60. The fourth-order valence-corrected chi connectivity index (χ4v) is 5.95. The molecule has 20 heavy (non-hydrogen) atoms. The summed E-state index contributed by atoms with van der Waals surface area (Å²) in [5.41, 5.74) is 0.572. The number of amides is 1. The third-order valence-electron chi connectivity index (χ3n) is 5.32. The molecule has 4 saturated carbocycles. The first-order valence-electron chi connectivity index (χ1n) is 7.36. The number of carbonyl (C=O) groups is 2. The molecule has 0 heterocycles. The van der Waals surface area contributed by atoms with Gasteiger partial charge in [0.15, 0.2) is 0 Å². The molecular formula is C15H23NO4. The van der Waals surface area contributed by atoms with E-state index in [1.54, 1.807) is 0 Å². The number of hydrogen-bond donors (Lipinski definition) is 1. The number of nitrogens with one attached hydrogen (secondary N) is 1. The summed E-state index contributed by atoms with van der Waals surface area (Å²) in [5.74, 6) is 0.716. The third kappa shape index (κ3) is 2.38. The molecule has 0 radical (unpaired) electrons. The van der Waals surface area contributed by atoms with Gasteiger partial charge in [0.05, 0.1) is 0 Å². The van der Waals surface area contributed by atoms with Crippen molar-refractivity contribution < 1.29 is 19.1 Å². The molecule has 0 aliphatic heterocycles. The Balaban J connectivity index is 1.69. The molecule has 0 saturated heterocycles. The van der Waals surface area contributed by atoms with Gasteiger partial charge in [-0.1, -0.05) is 13.8 Å². The molecule has 5 heteroatoms. The zero-order chi connectivity index (χ0) is 14.4. The normalized spacial score (nSPS) is 45.0. The van der Waals surface area contributed by atoms with Crippen LogP contribution in [0, 0.1) is 16.7 Å². The highest BCUT2D eigenvalue weighted by Crippen LogP contribution is 2.66. The fourth-order valence-electron chi connectivity index (χ4n) is 5.95. The highest BCUT2D eigenvalue weighted by atomic mass is 16.7. The number of rotatable bonds is 4. The van der Waals surface area contributed by atoms with Crippen molar-refractivity contribution in [2.75, 3.05) is 6.79 Å². The van der Waals surface area contributed by atoms with Crippen LogP contribution in [-0.4, -0.2) is 24.9 Å². The van der Waals surface area contributed by atoms with Crippen LogP contribution in [0.2, 0.25) is 0 Å². The number of carbonyl (C=O) groups excluding carboxylic acids is 2. The van der Waals surface area contributed by atoms with Crippen molar-refractivity contribution in [1.29, 1.82) is 0 Å². The SMILES string of the molecule is CC12CC3CC(C)(C1)CC(NC(=O)OCOC=O)(C3)C2. The van der Waals surface area contributed by atoms with Crippen LogP contribution >= 0.6 is 0 Å². The summed E-state index contributed by atoms with van der Waals surface area (Å²) in [6.45, 7) is 4.67. The number of ether oxygens (including phenoxy) is 2. The van der Waals surface area contributed by atoms with Crippen LogP contribution in [0.15, 0.2) is 0 Å². The smallest absolute Gasteiger partial charge is 0.410 e. The summed E-state index contributed by atoms with van der Waals surface area (Å²) in [4.78, 5) is 21.9. The van der Waals surface area contributed by atoms with Crippen LogP contribution in [0.1, 0.15) is 52.4 Å². The Morgan fingerprint density at radius 1 is 1.20 bits per heavy atom. The van der Waals surface area contributed by atoms with Gasteiger partial charge in [0, 0.05) is 5.54 Å².